The number of aromatic nitrogens is 2. The van der Waals surface area contributed by atoms with Crippen LogP contribution >= 0.6 is 11.3 Å². The highest BCUT2D eigenvalue weighted by Crippen LogP contribution is 2.26. The summed E-state index contributed by atoms with van der Waals surface area (Å²) < 4.78 is 0. The first-order chi connectivity index (χ1) is 7.65. The van der Waals surface area contributed by atoms with E-state index in [1.54, 1.807) is 11.3 Å². The Bertz CT molecular complexity index is 477. The van der Waals surface area contributed by atoms with Crippen molar-refractivity contribution in [2.45, 2.75) is 26.7 Å². The molecule has 2 heterocycles. The van der Waals surface area contributed by atoms with Gasteiger partial charge in [-0.25, -0.2) is 9.97 Å². The standard InChI is InChI=1S/C12H15N3S/c1-8(2)10-7-13-12(16-10)15-11-6-4-5-9(3)14-11/h4-8H,1-3H3,(H,13,14,15). The fourth-order valence-corrected chi connectivity index (χ4v) is 2.16. The van der Waals surface area contributed by atoms with Crippen molar-refractivity contribution in [3.05, 3.63) is 35.0 Å². The van der Waals surface area contributed by atoms with Crippen molar-refractivity contribution in [2.24, 2.45) is 0 Å². The van der Waals surface area contributed by atoms with Crippen molar-refractivity contribution >= 4 is 22.3 Å². The lowest BCUT2D eigenvalue weighted by molar-refractivity contribution is 0.885. The van der Waals surface area contributed by atoms with E-state index in [0.29, 0.717) is 5.92 Å². The Labute approximate surface area is 99.6 Å². The van der Waals surface area contributed by atoms with Crippen LogP contribution in [0.1, 0.15) is 30.3 Å². The molecule has 0 saturated carbocycles. The van der Waals surface area contributed by atoms with Crippen LogP contribution in [0, 0.1) is 6.92 Å². The van der Waals surface area contributed by atoms with Gasteiger partial charge < -0.3 is 5.32 Å². The fraction of sp³-hybridized carbons (Fsp3) is 0.333. The van der Waals surface area contributed by atoms with E-state index in [9.17, 15) is 0 Å². The quantitative estimate of drug-likeness (QED) is 0.878. The Hall–Kier alpha value is -1.42. The molecule has 4 heteroatoms. The molecule has 16 heavy (non-hydrogen) atoms. The van der Waals surface area contributed by atoms with Gasteiger partial charge in [0.15, 0.2) is 5.13 Å². The summed E-state index contributed by atoms with van der Waals surface area (Å²) in [7, 11) is 0. The maximum absolute atomic E-state index is 4.38. The summed E-state index contributed by atoms with van der Waals surface area (Å²) in [6.07, 6.45) is 1.92. The highest BCUT2D eigenvalue weighted by molar-refractivity contribution is 7.15. The smallest absolute Gasteiger partial charge is 0.188 e. The minimum absolute atomic E-state index is 0.526. The summed E-state index contributed by atoms with van der Waals surface area (Å²) in [4.78, 5) is 10.00. The molecule has 84 valence electrons. The molecule has 1 N–H and O–H groups in total. The van der Waals surface area contributed by atoms with Crippen LogP contribution in [0.5, 0.6) is 0 Å². The summed E-state index contributed by atoms with van der Waals surface area (Å²) in [5, 5.41) is 4.12. The number of thiazole rings is 1. The van der Waals surface area contributed by atoms with E-state index < -0.39 is 0 Å². The lowest BCUT2D eigenvalue weighted by Gasteiger charge is -2.02. The summed E-state index contributed by atoms with van der Waals surface area (Å²) in [6, 6.07) is 5.91. The average molecular weight is 233 g/mol. The number of pyridine rings is 1. The van der Waals surface area contributed by atoms with Crippen molar-refractivity contribution < 1.29 is 0 Å². The second-order valence-electron chi connectivity index (χ2n) is 4.01. The first-order valence-electron chi connectivity index (χ1n) is 5.31. The minimum atomic E-state index is 0.526. The zero-order chi connectivity index (χ0) is 11.5. The van der Waals surface area contributed by atoms with E-state index in [2.05, 4.69) is 29.1 Å². The van der Waals surface area contributed by atoms with Crippen molar-refractivity contribution in [2.75, 3.05) is 5.32 Å². The average Bonchev–Trinajstić information content (AvgIpc) is 2.66. The van der Waals surface area contributed by atoms with Crippen LogP contribution in [0.4, 0.5) is 10.9 Å². The van der Waals surface area contributed by atoms with Crippen molar-refractivity contribution in [1.82, 2.24) is 9.97 Å². The number of anilines is 2. The van der Waals surface area contributed by atoms with Gasteiger partial charge >= 0.3 is 0 Å². The Morgan fingerprint density at radius 2 is 2.12 bits per heavy atom. The Balaban J connectivity index is 2.14. The van der Waals surface area contributed by atoms with Gasteiger partial charge in [-0.2, -0.15) is 0 Å². The van der Waals surface area contributed by atoms with Gasteiger partial charge in [-0.3, -0.25) is 0 Å². The maximum Gasteiger partial charge on any atom is 0.188 e. The summed E-state index contributed by atoms with van der Waals surface area (Å²) in [5.41, 5.74) is 1.01. The molecule has 0 unspecified atom stereocenters. The van der Waals surface area contributed by atoms with E-state index in [-0.39, 0.29) is 0 Å². The van der Waals surface area contributed by atoms with E-state index in [1.165, 1.54) is 4.88 Å². The molecule has 0 aliphatic heterocycles. The van der Waals surface area contributed by atoms with Crippen LogP contribution < -0.4 is 5.32 Å². The molecule has 2 rings (SSSR count). The molecule has 0 fully saturated rings. The largest absolute Gasteiger partial charge is 0.316 e. The Morgan fingerprint density at radius 1 is 1.31 bits per heavy atom. The van der Waals surface area contributed by atoms with Gasteiger partial charge in [-0.15, -0.1) is 11.3 Å². The Morgan fingerprint density at radius 3 is 2.75 bits per heavy atom. The Kier molecular flexibility index (Phi) is 3.19. The molecule has 0 saturated heterocycles. The van der Waals surface area contributed by atoms with Crippen LogP contribution in [-0.2, 0) is 0 Å². The van der Waals surface area contributed by atoms with Gasteiger partial charge in [0.1, 0.15) is 5.82 Å². The molecule has 0 aromatic carbocycles. The molecular weight excluding hydrogens is 218 g/mol. The molecule has 2 aromatic heterocycles. The molecule has 0 bridgehead atoms. The number of aryl methyl sites for hydroxylation is 1. The second-order valence-corrected chi connectivity index (χ2v) is 5.07. The molecule has 0 atom stereocenters. The van der Waals surface area contributed by atoms with Gasteiger partial charge in [0.25, 0.3) is 0 Å². The van der Waals surface area contributed by atoms with Crippen LogP contribution in [0.3, 0.4) is 0 Å². The van der Waals surface area contributed by atoms with Crippen LogP contribution in [0.15, 0.2) is 24.4 Å². The third-order valence-electron chi connectivity index (χ3n) is 2.22. The monoisotopic (exact) mass is 233 g/mol. The number of hydrogen-bond acceptors (Lipinski definition) is 4. The fourth-order valence-electron chi connectivity index (χ4n) is 1.33. The normalized spacial score (nSPS) is 10.8. The zero-order valence-electron chi connectivity index (χ0n) is 9.69. The first kappa shape index (κ1) is 11.1. The number of hydrogen-bond donors (Lipinski definition) is 1. The SMILES string of the molecule is Cc1cccc(Nc2ncc(C(C)C)s2)n1. The number of nitrogens with one attached hydrogen (secondary N) is 1. The second kappa shape index (κ2) is 4.61. The molecule has 0 amide bonds. The molecule has 0 aliphatic rings. The molecular formula is C12H15N3S. The molecule has 0 radical (unpaired) electrons. The predicted molar refractivity (Wildman–Crippen MR) is 68.5 cm³/mol. The van der Waals surface area contributed by atoms with Crippen LogP contribution in [0.2, 0.25) is 0 Å². The summed E-state index contributed by atoms with van der Waals surface area (Å²) in [5.74, 6) is 1.38. The van der Waals surface area contributed by atoms with E-state index in [0.717, 1.165) is 16.6 Å². The minimum Gasteiger partial charge on any atom is -0.316 e. The molecule has 0 aliphatic carbocycles. The number of rotatable bonds is 3. The van der Waals surface area contributed by atoms with Crippen LogP contribution in [0.25, 0.3) is 0 Å². The van der Waals surface area contributed by atoms with E-state index >= 15 is 0 Å². The van der Waals surface area contributed by atoms with E-state index in [1.807, 2.05) is 31.3 Å². The van der Waals surface area contributed by atoms with Crippen molar-refractivity contribution in [3.8, 4) is 0 Å². The predicted octanol–water partition coefficient (Wildman–Crippen LogP) is 3.71. The van der Waals surface area contributed by atoms with Crippen molar-refractivity contribution in [1.29, 1.82) is 0 Å². The van der Waals surface area contributed by atoms with Crippen molar-refractivity contribution in [3.63, 3.8) is 0 Å². The van der Waals surface area contributed by atoms with E-state index in [4.69, 9.17) is 0 Å². The molecule has 0 spiro atoms. The van der Waals surface area contributed by atoms with Gasteiger partial charge in [0, 0.05) is 16.8 Å². The van der Waals surface area contributed by atoms with Gasteiger partial charge in [-0.05, 0) is 25.0 Å². The highest BCUT2D eigenvalue weighted by atomic mass is 32.1. The van der Waals surface area contributed by atoms with Gasteiger partial charge in [0.2, 0.25) is 0 Å². The third-order valence-corrected chi connectivity index (χ3v) is 3.43. The van der Waals surface area contributed by atoms with Gasteiger partial charge in [0.05, 0.1) is 0 Å². The lowest BCUT2D eigenvalue weighted by Crippen LogP contribution is -1.93. The third kappa shape index (κ3) is 2.58. The molecule has 3 nitrogen and oxygen atoms in total. The summed E-state index contributed by atoms with van der Waals surface area (Å²) >= 11 is 1.68. The molecule has 2 aromatic rings. The summed E-state index contributed by atoms with van der Waals surface area (Å²) in [6.45, 7) is 6.32. The van der Waals surface area contributed by atoms with Crippen LogP contribution in [-0.4, -0.2) is 9.97 Å². The first-order valence-corrected chi connectivity index (χ1v) is 6.13. The lowest BCUT2D eigenvalue weighted by atomic mass is 10.2. The zero-order valence-corrected chi connectivity index (χ0v) is 10.5. The highest BCUT2D eigenvalue weighted by Gasteiger charge is 2.05. The number of nitrogens with zero attached hydrogens (tertiary/aromatic N) is 2. The topological polar surface area (TPSA) is 37.8 Å². The van der Waals surface area contributed by atoms with Gasteiger partial charge in [-0.1, -0.05) is 19.9 Å². The maximum atomic E-state index is 4.38.